The van der Waals surface area contributed by atoms with Crippen LogP contribution in [0, 0.1) is 11.3 Å². The lowest BCUT2D eigenvalue weighted by Gasteiger charge is -2.21. The summed E-state index contributed by atoms with van der Waals surface area (Å²) in [5.74, 6) is 0.699. The molecule has 0 aliphatic rings. The number of anilines is 1. The highest BCUT2D eigenvalue weighted by Crippen LogP contribution is 2.24. The first-order chi connectivity index (χ1) is 8.46. The molecule has 0 radical (unpaired) electrons. The molecule has 0 spiro atoms. The van der Waals surface area contributed by atoms with Gasteiger partial charge in [-0.05, 0) is 32.9 Å². The highest BCUT2D eigenvalue weighted by Gasteiger charge is 2.08. The maximum Gasteiger partial charge on any atom is 0.143 e. The summed E-state index contributed by atoms with van der Waals surface area (Å²) in [6.07, 6.45) is 0. The zero-order valence-corrected chi connectivity index (χ0v) is 11.5. The predicted octanol–water partition coefficient (Wildman–Crippen LogP) is 2.37. The molecule has 2 N–H and O–H groups in total. The van der Waals surface area contributed by atoms with Crippen molar-refractivity contribution in [2.45, 2.75) is 26.3 Å². The van der Waals surface area contributed by atoms with Crippen molar-refractivity contribution < 1.29 is 4.74 Å². The maximum atomic E-state index is 8.82. The van der Waals surface area contributed by atoms with Crippen molar-refractivity contribution in [3.63, 3.8) is 0 Å². The van der Waals surface area contributed by atoms with E-state index in [-0.39, 0.29) is 5.54 Å². The fraction of sp³-hybridized carbons (Fsp3) is 0.500. The van der Waals surface area contributed by atoms with Crippen molar-refractivity contribution in [3.8, 4) is 11.8 Å². The first-order valence-electron chi connectivity index (χ1n) is 6.03. The molecule has 0 aliphatic carbocycles. The van der Waals surface area contributed by atoms with Crippen molar-refractivity contribution in [3.05, 3.63) is 23.8 Å². The van der Waals surface area contributed by atoms with Crippen LogP contribution in [0.4, 0.5) is 5.69 Å². The van der Waals surface area contributed by atoms with E-state index in [0.717, 1.165) is 18.8 Å². The van der Waals surface area contributed by atoms with E-state index in [9.17, 15) is 0 Å². The topological polar surface area (TPSA) is 57.1 Å². The lowest BCUT2D eigenvalue weighted by Crippen LogP contribution is -2.38. The largest absolute Gasteiger partial charge is 0.495 e. The number of benzene rings is 1. The monoisotopic (exact) mass is 247 g/mol. The fourth-order valence-corrected chi connectivity index (χ4v) is 1.54. The number of nitrogens with one attached hydrogen (secondary N) is 2. The predicted molar refractivity (Wildman–Crippen MR) is 74.0 cm³/mol. The molecule has 4 heteroatoms. The van der Waals surface area contributed by atoms with Gasteiger partial charge in [0, 0.05) is 24.7 Å². The summed E-state index contributed by atoms with van der Waals surface area (Å²) < 4.78 is 5.25. The molecule has 0 fully saturated rings. The average molecular weight is 247 g/mol. The van der Waals surface area contributed by atoms with Gasteiger partial charge >= 0.3 is 0 Å². The van der Waals surface area contributed by atoms with Gasteiger partial charge in [-0.15, -0.1) is 0 Å². The molecule has 1 rings (SSSR count). The lowest BCUT2D eigenvalue weighted by molar-refractivity contribution is 0.415. The van der Waals surface area contributed by atoms with E-state index in [1.54, 1.807) is 19.2 Å². The molecule has 1 aromatic carbocycles. The smallest absolute Gasteiger partial charge is 0.143 e. The Morgan fingerprint density at radius 2 is 2.00 bits per heavy atom. The van der Waals surface area contributed by atoms with Crippen LogP contribution in [0.25, 0.3) is 0 Å². The van der Waals surface area contributed by atoms with E-state index in [1.807, 2.05) is 6.07 Å². The minimum absolute atomic E-state index is 0.121. The highest BCUT2D eigenvalue weighted by atomic mass is 16.5. The summed E-state index contributed by atoms with van der Waals surface area (Å²) in [7, 11) is 1.61. The van der Waals surface area contributed by atoms with Crippen LogP contribution in [0.5, 0.6) is 5.75 Å². The number of hydrogen-bond donors (Lipinski definition) is 2. The molecular formula is C14H21N3O. The molecule has 0 bridgehead atoms. The summed E-state index contributed by atoms with van der Waals surface area (Å²) in [5.41, 5.74) is 1.63. The summed E-state index contributed by atoms with van der Waals surface area (Å²) in [4.78, 5) is 0. The van der Waals surface area contributed by atoms with Crippen molar-refractivity contribution >= 4 is 5.69 Å². The molecular weight excluding hydrogens is 226 g/mol. The van der Waals surface area contributed by atoms with Crippen LogP contribution in [0.3, 0.4) is 0 Å². The highest BCUT2D eigenvalue weighted by molar-refractivity contribution is 5.59. The van der Waals surface area contributed by atoms with Gasteiger partial charge in [0.15, 0.2) is 0 Å². The number of nitrogens with zero attached hydrogens (tertiary/aromatic N) is 1. The molecule has 0 saturated heterocycles. The van der Waals surface area contributed by atoms with Gasteiger partial charge in [-0.3, -0.25) is 0 Å². The maximum absolute atomic E-state index is 8.82. The van der Waals surface area contributed by atoms with E-state index in [2.05, 4.69) is 37.5 Å². The Labute approximate surface area is 109 Å². The van der Waals surface area contributed by atoms with Crippen molar-refractivity contribution in [1.82, 2.24) is 5.32 Å². The third kappa shape index (κ3) is 4.64. The quantitative estimate of drug-likeness (QED) is 0.784. The van der Waals surface area contributed by atoms with Crippen molar-refractivity contribution in [2.24, 2.45) is 0 Å². The second-order valence-electron chi connectivity index (χ2n) is 5.13. The molecule has 0 aromatic heterocycles. The number of hydrogen-bond acceptors (Lipinski definition) is 4. The van der Waals surface area contributed by atoms with Gasteiger partial charge in [-0.1, -0.05) is 0 Å². The first kappa shape index (κ1) is 14.3. The summed E-state index contributed by atoms with van der Waals surface area (Å²) >= 11 is 0. The van der Waals surface area contributed by atoms with Crippen LogP contribution >= 0.6 is 0 Å². The van der Waals surface area contributed by atoms with Crippen LogP contribution < -0.4 is 15.4 Å². The average Bonchev–Trinajstić information content (AvgIpc) is 2.33. The number of nitriles is 1. The summed E-state index contributed by atoms with van der Waals surface area (Å²) in [6, 6.07) is 7.48. The van der Waals surface area contributed by atoms with Crippen LogP contribution in [0.2, 0.25) is 0 Å². The van der Waals surface area contributed by atoms with E-state index >= 15 is 0 Å². The minimum Gasteiger partial charge on any atom is -0.495 e. The van der Waals surface area contributed by atoms with E-state index in [0.29, 0.717) is 11.3 Å². The fourth-order valence-electron chi connectivity index (χ4n) is 1.54. The van der Waals surface area contributed by atoms with E-state index in [4.69, 9.17) is 10.00 Å². The summed E-state index contributed by atoms with van der Waals surface area (Å²) in [6.45, 7) is 8.08. The zero-order valence-electron chi connectivity index (χ0n) is 11.5. The molecule has 4 nitrogen and oxygen atoms in total. The molecule has 1 aromatic rings. The van der Waals surface area contributed by atoms with E-state index < -0.39 is 0 Å². The van der Waals surface area contributed by atoms with Gasteiger partial charge in [0.25, 0.3) is 0 Å². The van der Waals surface area contributed by atoms with Gasteiger partial charge in [0.1, 0.15) is 5.75 Å². The van der Waals surface area contributed by atoms with Crippen LogP contribution in [0.15, 0.2) is 18.2 Å². The molecule has 0 aliphatic heterocycles. The Bertz CT molecular complexity index is 430. The number of methoxy groups -OCH3 is 1. The summed E-state index contributed by atoms with van der Waals surface area (Å²) in [5, 5.41) is 15.5. The Morgan fingerprint density at radius 3 is 2.56 bits per heavy atom. The lowest BCUT2D eigenvalue weighted by atomic mass is 10.1. The molecule has 0 amide bonds. The zero-order chi connectivity index (χ0) is 13.6. The molecule has 18 heavy (non-hydrogen) atoms. The second-order valence-corrected chi connectivity index (χ2v) is 5.13. The van der Waals surface area contributed by atoms with Crippen LogP contribution in [0.1, 0.15) is 26.3 Å². The van der Waals surface area contributed by atoms with Gasteiger partial charge in [-0.25, -0.2) is 0 Å². The van der Waals surface area contributed by atoms with Crippen LogP contribution in [-0.4, -0.2) is 25.7 Å². The Morgan fingerprint density at radius 1 is 1.28 bits per heavy atom. The SMILES string of the molecule is COc1cc(C#N)ccc1NCCNC(C)(C)C. The van der Waals surface area contributed by atoms with Gasteiger partial charge in [0.2, 0.25) is 0 Å². The molecule has 0 heterocycles. The molecule has 0 unspecified atom stereocenters. The standard InChI is InChI=1S/C14H21N3O/c1-14(2,3)17-8-7-16-12-6-5-11(10-15)9-13(12)18-4/h5-6,9,16-17H,7-8H2,1-4H3. The number of ether oxygens (including phenoxy) is 1. The van der Waals surface area contributed by atoms with E-state index in [1.165, 1.54) is 0 Å². The van der Waals surface area contributed by atoms with Gasteiger partial charge in [0.05, 0.1) is 24.4 Å². The normalized spacial score (nSPS) is 10.8. The minimum atomic E-state index is 0.121. The Hall–Kier alpha value is -1.73. The second kappa shape index (κ2) is 6.27. The van der Waals surface area contributed by atoms with Crippen LogP contribution in [-0.2, 0) is 0 Å². The molecule has 98 valence electrons. The van der Waals surface area contributed by atoms with Crippen molar-refractivity contribution in [1.29, 1.82) is 5.26 Å². The van der Waals surface area contributed by atoms with Crippen molar-refractivity contribution in [2.75, 3.05) is 25.5 Å². The third-order valence-electron chi connectivity index (χ3n) is 2.43. The Kier molecular flexibility index (Phi) is 4.99. The first-order valence-corrected chi connectivity index (χ1v) is 6.03. The van der Waals surface area contributed by atoms with Gasteiger partial charge in [-0.2, -0.15) is 5.26 Å². The third-order valence-corrected chi connectivity index (χ3v) is 2.43. The Balaban J connectivity index is 2.55. The molecule has 0 atom stereocenters. The number of rotatable bonds is 5. The van der Waals surface area contributed by atoms with Gasteiger partial charge < -0.3 is 15.4 Å². The molecule has 0 saturated carbocycles.